The third-order valence-electron chi connectivity index (χ3n) is 1.97. The predicted molar refractivity (Wildman–Crippen MR) is 69.9 cm³/mol. The molecule has 0 N–H and O–H groups in total. The van der Waals surface area contributed by atoms with Crippen molar-refractivity contribution in [1.29, 1.82) is 0 Å². The third kappa shape index (κ3) is 3.84. The molecule has 0 aromatic carbocycles. The highest BCUT2D eigenvalue weighted by Crippen LogP contribution is 2.31. The topological polar surface area (TPSA) is 39.2 Å². The molecule has 1 aromatic rings. The Morgan fingerprint density at radius 3 is 2.82 bits per heavy atom. The Balaban J connectivity index is 3.10. The van der Waals surface area contributed by atoms with E-state index in [9.17, 15) is 13.6 Å². The van der Waals surface area contributed by atoms with Crippen LogP contribution >= 0.6 is 38.5 Å². The van der Waals surface area contributed by atoms with Crippen LogP contribution in [0, 0.1) is 3.70 Å². The average molecular weight is 420 g/mol. The number of hydrogen-bond donors (Lipinski definition) is 0. The Bertz CT molecular complexity index is 429. The van der Waals surface area contributed by atoms with Gasteiger partial charge in [0.2, 0.25) is 0 Å². The summed E-state index contributed by atoms with van der Waals surface area (Å²) in [5.74, 6) is -0.530. The molecule has 0 bridgehead atoms. The van der Waals surface area contributed by atoms with Crippen molar-refractivity contribution in [3.05, 3.63) is 25.5 Å². The van der Waals surface area contributed by atoms with Crippen LogP contribution in [-0.4, -0.2) is 17.6 Å². The smallest absolute Gasteiger partial charge is 0.310 e. The number of carbonyl (C=O) groups is 1. The van der Waals surface area contributed by atoms with Crippen LogP contribution in [0.5, 0.6) is 0 Å². The second kappa shape index (κ2) is 6.58. The van der Waals surface area contributed by atoms with E-state index in [0.29, 0.717) is 8.17 Å². The summed E-state index contributed by atoms with van der Waals surface area (Å²) in [6.07, 6.45) is -1.77. The number of nitrogens with zero attached hydrogens (tertiary/aromatic N) is 1. The van der Waals surface area contributed by atoms with Crippen molar-refractivity contribution in [2.45, 2.75) is 19.8 Å². The maximum atomic E-state index is 12.8. The van der Waals surface area contributed by atoms with E-state index < -0.39 is 12.4 Å². The van der Waals surface area contributed by atoms with Crippen molar-refractivity contribution in [3.63, 3.8) is 0 Å². The summed E-state index contributed by atoms with van der Waals surface area (Å²) in [7, 11) is 0. The Hall–Kier alpha value is -0.310. The Morgan fingerprint density at radius 1 is 1.65 bits per heavy atom. The molecule has 1 heterocycles. The standard InChI is InChI=1S/C10H9BrF2INO2/c1-2-17-7(16)3-5-6(9(12)13)4-15-10(14)8(5)11/h4,9H,2-3H2,1H3. The van der Waals surface area contributed by atoms with Crippen molar-refractivity contribution < 1.29 is 18.3 Å². The van der Waals surface area contributed by atoms with Gasteiger partial charge in [0.1, 0.15) is 3.70 Å². The number of carbonyl (C=O) groups excluding carboxylic acids is 1. The fraction of sp³-hybridized carbons (Fsp3) is 0.400. The van der Waals surface area contributed by atoms with Crippen LogP contribution in [0.3, 0.4) is 0 Å². The molecule has 0 unspecified atom stereocenters. The first-order chi connectivity index (χ1) is 7.97. The minimum Gasteiger partial charge on any atom is -0.466 e. The molecule has 0 aliphatic heterocycles. The van der Waals surface area contributed by atoms with Gasteiger partial charge in [-0.3, -0.25) is 4.79 Å². The molecule has 0 aliphatic rings. The lowest BCUT2D eigenvalue weighted by molar-refractivity contribution is -0.142. The highest BCUT2D eigenvalue weighted by Gasteiger charge is 2.20. The molecule has 17 heavy (non-hydrogen) atoms. The molecule has 0 aliphatic carbocycles. The average Bonchev–Trinajstić information content (AvgIpc) is 2.25. The summed E-state index contributed by atoms with van der Waals surface area (Å²) < 4.78 is 31.2. The van der Waals surface area contributed by atoms with Crippen LogP contribution in [0.4, 0.5) is 8.78 Å². The maximum absolute atomic E-state index is 12.8. The van der Waals surface area contributed by atoms with Gasteiger partial charge in [0.05, 0.1) is 17.5 Å². The number of pyridine rings is 1. The van der Waals surface area contributed by atoms with Crippen LogP contribution in [0.1, 0.15) is 24.5 Å². The van der Waals surface area contributed by atoms with Crippen molar-refractivity contribution in [2.75, 3.05) is 6.61 Å². The van der Waals surface area contributed by atoms with Crippen LogP contribution in [0.2, 0.25) is 0 Å². The maximum Gasteiger partial charge on any atom is 0.310 e. The lowest BCUT2D eigenvalue weighted by Crippen LogP contribution is -2.11. The molecule has 3 nitrogen and oxygen atoms in total. The first-order valence-electron chi connectivity index (χ1n) is 4.73. The molecular formula is C10H9BrF2INO2. The highest BCUT2D eigenvalue weighted by molar-refractivity contribution is 14.1. The summed E-state index contributed by atoms with van der Waals surface area (Å²) in [4.78, 5) is 15.2. The highest BCUT2D eigenvalue weighted by atomic mass is 127. The van der Waals surface area contributed by atoms with Crippen molar-refractivity contribution in [3.8, 4) is 0 Å². The molecule has 0 fully saturated rings. The molecule has 94 valence electrons. The minimum absolute atomic E-state index is 0.188. The van der Waals surface area contributed by atoms with E-state index in [1.807, 2.05) is 22.6 Å². The van der Waals surface area contributed by atoms with Gasteiger partial charge in [0.15, 0.2) is 0 Å². The third-order valence-corrected chi connectivity index (χ3v) is 4.39. The molecule has 7 heteroatoms. The molecular weight excluding hydrogens is 411 g/mol. The van der Waals surface area contributed by atoms with Gasteiger partial charge in [0.25, 0.3) is 6.43 Å². The lowest BCUT2D eigenvalue weighted by atomic mass is 10.1. The zero-order chi connectivity index (χ0) is 13.0. The Kier molecular flexibility index (Phi) is 5.71. The quantitative estimate of drug-likeness (QED) is 0.426. The number of alkyl halides is 2. The zero-order valence-corrected chi connectivity index (χ0v) is 12.6. The van der Waals surface area contributed by atoms with E-state index in [4.69, 9.17) is 4.74 Å². The van der Waals surface area contributed by atoms with Crippen LogP contribution in [0.25, 0.3) is 0 Å². The van der Waals surface area contributed by atoms with Gasteiger partial charge in [-0.2, -0.15) is 0 Å². The number of halogens is 4. The van der Waals surface area contributed by atoms with Gasteiger partial charge in [-0.25, -0.2) is 13.8 Å². The van der Waals surface area contributed by atoms with Gasteiger partial charge in [-0.1, -0.05) is 0 Å². The molecule has 0 saturated heterocycles. The molecule has 1 aromatic heterocycles. The summed E-state index contributed by atoms with van der Waals surface area (Å²) in [6.45, 7) is 1.89. The second-order valence-corrected chi connectivity index (χ2v) is 4.89. The minimum atomic E-state index is -2.67. The van der Waals surface area contributed by atoms with Crippen molar-refractivity contribution >= 4 is 44.5 Å². The Labute approximate surface area is 119 Å². The molecule has 0 spiro atoms. The summed E-state index contributed by atoms with van der Waals surface area (Å²) in [5, 5.41) is 0. The fourth-order valence-corrected chi connectivity index (χ4v) is 2.17. The molecule has 0 radical (unpaired) electrons. The monoisotopic (exact) mass is 419 g/mol. The van der Waals surface area contributed by atoms with E-state index in [-0.39, 0.29) is 24.2 Å². The van der Waals surface area contributed by atoms with Crippen molar-refractivity contribution in [2.24, 2.45) is 0 Å². The normalized spacial score (nSPS) is 10.7. The largest absolute Gasteiger partial charge is 0.466 e. The van der Waals surface area contributed by atoms with E-state index in [0.717, 1.165) is 6.20 Å². The van der Waals surface area contributed by atoms with E-state index in [1.165, 1.54) is 0 Å². The zero-order valence-electron chi connectivity index (χ0n) is 8.84. The van der Waals surface area contributed by atoms with Gasteiger partial charge in [0, 0.05) is 11.8 Å². The summed E-state index contributed by atoms with van der Waals surface area (Å²) in [6, 6.07) is 0. The van der Waals surface area contributed by atoms with Gasteiger partial charge >= 0.3 is 5.97 Å². The molecule has 1 rings (SSSR count). The molecule has 0 amide bonds. The molecule has 0 atom stereocenters. The number of rotatable bonds is 4. The lowest BCUT2D eigenvalue weighted by Gasteiger charge is -2.11. The Morgan fingerprint density at radius 2 is 2.29 bits per heavy atom. The summed E-state index contributed by atoms with van der Waals surface area (Å²) in [5.41, 5.74) is -0.0109. The second-order valence-electron chi connectivity index (χ2n) is 3.08. The number of hydrogen-bond acceptors (Lipinski definition) is 3. The summed E-state index contributed by atoms with van der Waals surface area (Å²) >= 11 is 5.07. The van der Waals surface area contributed by atoms with Gasteiger partial charge in [-0.05, 0) is 51.0 Å². The number of ether oxygens (including phenoxy) is 1. The van der Waals surface area contributed by atoms with E-state index in [2.05, 4.69) is 20.9 Å². The van der Waals surface area contributed by atoms with Gasteiger partial charge in [-0.15, -0.1) is 0 Å². The molecule has 0 saturated carbocycles. The van der Waals surface area contributed by atoms with Crippen molar-refractivity contribution in [1.82, 2.24) is 4.98 Å². The SMILES string of the molecule is CCOC(=O)Cc1c(C(F)F)cnc(I)c1Br. The van der Waals surface area contributed by atoms with E-state index >= 15 is 0 Å². The van der Waals surface area contributed by atoms with Gasteiger partial charge < -0.3 is 4.74 Å². The number of aromatic nitrogens is 1. The number of esters is 1. The van der Waals surface area contributed by atoms with Crippen LogP contribution < -0.4 is 0 Å². The predicted octanol–water partition coefficient (Wildman–Crippen LogP) is 3.49. The first kappa shape index (κ1) is 14.7. The fourth-order valence-electron chi connectivity index (χ4n) is 1.24. The van der Waals surface area contributed by atoms with Crippen LogP contribution in [0.15, 0.2) is 10.7 Å². The van der Waals surface area contributed by atoms with Crippen LogP contribution in [-0.2, 0) is 16.0 Å². The first-order valence-corrected chi connectivity index (χ1v) is 6.61. The van der Waals surface area contributed by atoms with E-state index in [1.54, 1.807) is 6.92 Å².